The van der Waals surface area contributed by atoms with Crippen molar-refractivity contribution in [2.45, 2.75) is 18.9 Å². The maximum atomic E-state index is 12.2. The van der Waals surface area contributed by atoms with Crippen LogP contribution < -0.4 is 15.8 Å². The summed E-state index contributed by atoms with van der Waals surface area (Å²) in [5.74, 6) is 0.789. The Labute approximate surface area is 113 Å². The molecule has 1 aromatic rings. The standard InChI is InChI=1S/C14H20N2O3/c1-18-9-12(4-6-15)16-14(17)11-2-3-13-10(8-11)5-7-19-13/h2-3,8,12H,4-7,9,15H2,1H3,(H,16,17). The zero-order valence-electron chi connectivity index (χ0n) is 11.1. The van der Waals surface area contributed by atoms with E-state index in [1.165, 1.54) is 0 Å². The number of carbonyl (C=O) groups excluding carboxylic acids is 1. The normalized spacial score (nSPS) is 14.6. The number of hydrogen-bond donors (Lipinski definition) is 2. The molecule has 1 atom stereocenters. The molecule has 0 saturated heterocycles. The predicted octanol–water partition coefficient (Wildman–Crippen LogP) is 0.715. The number of amides is 1. The largest absolute Gasteiger partial charge is 0.493 e. The Morgan fingerprint density at radius 1 is 1.58 bits per heavy atom. The van der Waals surface area contributed by atoms with Crippen molar-refractivity contribution in [3.8, 4) is 5.75 Å². The van der Waals surface area contributed by atoms with Gasteiger partial charge in [0.05, 0.1) is 19.3 Å². The van der Waals surface area contributed by atoms with Crippen LogP contribution in [0.15, 0.2) is 18.2 Å². The van der Waals surface area contributed by atoms with Crippen molar-refractivity contribution >= 4 is 5.91 Å². The van der Waals surface area contributed by atoms with E-state index in [-0.39, 0.29) is 11.9 Å². The molecule has 0 fully saturated rings. The summed E-state index contributed by atoms with van der Waals surface area (Å²) in [6, 6.07) is 5.48. The summed E-state index contributed by atoms with van der Waals surface area (Å²) in [7, 11) is 1.61. The van der Waals surface area contributed by atoms with Gasteiger partial charge in [0.25, 0.3) is 5.91 Å². The van der Waals surface area contributed by atoms with Gasteiger partial charge in [-0.2, -0.15) is 0 Å². The first kappa shape index (κ1) is 13.8. The molecule has 0 aromatic heterocycles. The molecule has 0 saturated carbocycles. The molecule has 104 valence electrons. The molecule has 2 rings (SSSR count). The number of rotatable bonds is 6. The number of nitrogens with two attached hydrogens (primary N) is 1. The average molecular weight is 264 g/mol. The summed E-state index contributed by atoms with van der Waals surface area (Å²) in [4.78, 5) is 12.2. The van der Waals surface area contributed by atoms with E-state index < -0.39 is 0 Å². The van der Waals surface area contributed by atoms with E-state index in [0.717, 1.165) is 17.7 Å². The SMILES string of the molecule is COCC(CCN)NC(=O)c1ccc2c(c1)CCO2. The highest BCUT2D eigenvalue weighted by Gasteiger charge is 2.17. The number of carbonyl (C=O) groups is 1. The van der Waals surface area contributed by atoms with Crippen LogP contribution in [0.4, 0.5) is 0 Å². The summed E-state index contributed by atoms with van der Waals surface area (Å²) < 4.78 is 10.5. The number of hydrogen-bond acceptors (Lipinski definition) is 4. The van der Waals surface area contributed by atoms with E-state index in [9.17, 15) is 4.79 Å². The first-order valence-electron chi connectivity index (χ1n) is 6.50. The predicted molar refractivity (Wildman–Crippen MR) is 72.4 cm³/mol. The Bertz CT molecular complexity index is 442. The number of benzene rings is 1. The highest BCUT2D eigenvalue weighted by atomic mass is 16.5. The Hall–Kier alpha value is -1.59. The Morgan fingerprint density at radius 3 is 3.16 bits per heavy atom. The van der Waals surface area contributed by atoms with Gasteiger partial charge < -0.3 is 20.5 Å². The Morgan fingerprint density at radius 2 is 2.42 bits per heavy atom. The molecular weight excluding hydrogens is 244 g/mol. The third kappa shape index (κ3) is 3.45. The molecule has 19 heavy (non-hydrogen) atoms. The molecule has 0 spiro atoms. The molecular formula is C14H20N2O3. The fourth-order valence-electron chi connectivity index (χ4n) is 2.20. The molecule has 5 nitrogen and oxygen atoms in total. The highest BCUT2D eigenvalue weighted by molar-refractivity contribution is 5.94. The van der Waals surface area contributed by atoms with E-state index in [0.29, 0.717) is 31.7 Å². The summed E-state index contributed by atoms with van der Waals surface area (Å²) in [5.41, 5.74) is 7.27. The van der Waals surface area contributed by atoms with Gasteiger partial charge in [-0.3, -0.25) is 4.79 Å². The maximum absolute atomic E-state index is 12.2. The topological polar surface area (TPSA) is 73.6 Å². The van der Waals surface area contributed by atoms with Gasteiger partial charge >= 0.3 is 0 Å². The van der Waals surface area contributed by atoms with Crippen molar-refractivity contribution in [1.29, 1.82) is 0 Å². The van der Waals surface area contributed by atoms with Gasteiger partial charge in [0.2, 0.25) is 0 Å². The van der Waals surface area contributed by atoms with Crippen molar-refractivity contribution < 1.29 is 14.3 Å². The molecule has 0 aliphatic carbocycles. The fraction of sp³-hybridized carbons (Fsp3) is 0.500. The fourth-order valence-corrected chi connectivity index (χ4v) is 2.20. The molecule has 0 bridgehead atoms. The minimum absolute atomic E-state index is 0.0491. The van der Waals surface area contributed by atoms with Crippen molar-refractivity contribution in [3.63, 3.8) is 0 Å². The third-order valence-corrected chi connectivity index (χ3v) is 3.17. The van der Waals surface area contributed by atoms with Gasteiger partial charge in [-0.05, 0) is 36.7 Å². The summed E-state index contributed by atoms with van der Waals surface area (Å²) in [6.45, 7) is 1.68. The second-order valence-corrected chi connectivity index (χ2v) is 4.62. The van der Waals surface area contributed by atoms with Crippen LogP contribution in [0.3, 0.4) is 0 Å². The van der Waals surface area contributed by atoms with E-state index in [1.807, 2.05) is 12.1 Å². The lowest BCUT2D eigenvalue weighted by molar-refractivity contribution is 0.0893. The Balaban J connectivity index is 2.02. The molecule has 1 unspecified atom stereocenters. The van der Waals surface area contributed by atoms with Gasteiger partial charge in [-0.1, -0.05) is 0 Å². The first-order chi connectivity index (χ1) is 9.24. The lowest BCUT2D eigenvalue weighted by Crippen LogP contribution is -2.39. The second-order valence-electron chi connectivity index (χ2n) is 4.62. The van der Waals surface area contributed by atoms with Gasteiger partial charge in [-0.25, -0.2) is 0 Å². The van der Waals surface area contributed by atoms with Crippen molar-refractivity contribution in [2.24, 2.45) is 5.73 Å². The van der Waals surface area contributed by atoms with Crippen molar-refractivity contribution in [1.82, 2.24) is 5.32 Å². The van der Waals surface area contributed by atoms with E-state index in [4.69, 9.17) is 15.2 Å². The van der Waals surface area contributed by atoms with Gasteiger partial charge in [0, 0.05) is 19.1 Å². The Kier molecular flexibility index (Phi) is 4.76. The molecule has 5 heteroatoms. The van der Waals surface area contributed by atoms with Gasteiger partial charge in [-0.15, -0.1) is 0 Å². The molecule has 1 aliphatic rings. The lowest BCUT2D eigenvalue weighted by Gasteiger charge is -2.17. The number of ether oxygens (including phenoxy) is 2. The van der Waals surface area contributed by atoms with Crippen LogP contribution in [0.2, 0.25) is 0 Å². The van der Waals surface area contributed by atoms with Crippen LogP contribution in [0.5, 0.6) is 5.75 Å². The third-order valence-electron chi connectivity index (χ3n) is 3.17. The smallest absolute Gasteiger partial charge is 0.251 e. The quantitative estimate of drug-likeness (QED) is 0.794. The number of fused-ring (bicyclic) bond motifs is 1. The lowest BCUT2D eigenvalue weighted by atomic mass is 10.1. The van der Waals surface area contributed by atoms with Crippen molar-refractivity contribution in [3.05, 3.63) is 29.3 Å². The minimum Gasteiger partial charge on any atom is -0.493 e. The van der Waals surface area contributed by atoms with Crippen LogP contribution in [-0.2, 0) is 11.2 Å². The van der Waals surface area contributed by atoms with Crippen LogP contribution in [0.25, 0.3) is 0 Å². The van der Waals surface area contributed by atoms with E-state index >= 15 is 0 Å². The molecule has 0 radical (unpaired) electrons. The summed E-state index contributed by atoms with van der Waals surface area (Å²) in [6.07, 6.45) is 1.56. The molecule has 1 aromatic carbocycles. The average Bonchev–Trinajstić information content (AvgIpc) is 2.86. The molecule has 3 N–H and O–H groups in total. The zero-order chi connectivity index (χ0) is 13.7. The van der Waals surface area contributed by atoms with Crippen LogP contribution in [-0.4, -0.2) is 38.8 Å². The van der Waals surface area contributed by atoms with Gasteiger partial charge in [0.15, 0.2) is 0 Å². The highest BCUT2D eigenvalue weighted by Crippen LogP contribution is 2.25. The summed E-state index contributed by atoms with van der Waals surface area (Å²) >= 11 is 0. The van der Waals surface area contributed by atoms with Crippen molar-refractivity contribution in [2.75, 3.05) is 26.9 Å². The number of nitrogens with one attached hydrogen (secondary N) is 1. The molecule has 1 heterocycles. The summed E-state index contributed by atoms with van der Waals surface area (Å²) in [5, 5.41) is 2.94. The molecule has 1 aliphatic heterocycles. The first-order valence-corrected chi connectivity index (χ1v) is 6.50. The van der Waals surface area contributed by atoms with E-state index in [1.54, 1.807) is 13.2 Å². The van der Waals surface area contributed by atoms with Crippen LogP contribution in [0, 0.1) is 0 Å². The maximum Gasteiger partial charge on any atom is 0.251 e. The monoisotopic (exact) mass is 264 g/mol. The van der Waals surface area contributed by atoms with E-state index in [2.05, 4.69) is 5.32 Å². The zero-order valence-corrected chi connectivity index (χ0v) is 11.1. The molecule has 1 amide bonds. The minimum atomic E-state index is -0.0924. The number of methoxy groups -OCH3 is 1. The second kappa shape index (κ2) is 6.54. The van der Waals surface area contributed by atoms with Crippen LogP contribution >= 0.6 is 0 Å². The van der Waals surface area contributed by atoms with Crippen LogP contribution in [0.1, 0.15) is 22.3 Å². The van der Waals surface area contributed by atoms with Gasteiger partial charge in [0.1, 0.15) is 5.75 Å².